The molecule has 9 heavy (non-hydrogen) atoms. The molecular formula is C7H10SSn. The molecule has 0 aliphatic heterocycles. The molecule has 0 atom stereocenters. The van der Waals surface area contributed by atoms with Gasteiger partial charge in [-0.2, -0.15) is 0 Å². The van der Waals surface area contributed by atoms with Crippen LogP contribution in [0.2, 0.25) is 0 Å². The molecule has 0 N–H and O–H groups in total. The third-order valence-electron chi connectivity index (χ3n) is 1.15. The fourth-order valence-electron chi connectivity index (χ4n) is 0.741. The van der Waals surface area contributed by atoms with E-state index in [0.717, 1.165) is 21.1 Å². The molecule has 1 rings (SSSR count). The van der Waals surface area contributed by atoms with Gasteiger partial charge in [0.15, 0.2) is 0 Å². The summed E-state index contributed by atoms with van der Waals surface area (Å²) in [7, 11) is 2.06. The molecule has 1 aromatic rings. The van der Waals surface area contributed by atoms with Crippen molar-refractivity contribution in [1.82, 2.24) is 0 Å². The van der Waals surface area contributed by atoms with E-state index < -0.39 is 0 Å². The molecule has 0 saturated heterocycles. The summed E-state index contributed by atoms with van der Waals surface area (Å²) in [5, 5.41) is 0. The van der Waals surface area contributed by atoms with E-state index in [4.69, 9.17) is 0 Å². The second kappa shape index (κ2) is 4.23. The van der Waals surface area contributed by atoms with Gasteiger partial charge in [-0.25, -0.2) is 0 Å². The Kier molecular flexibility index (Phi) is 3.51. The third kappa shape index (κ3) is 2.63. The second-order valence-corrected chi connectivity index (χ2v) is 7.73. The molecule has 0 nitrogen and oxygen atoms in total. The summed E-state index contributed by atoms with van der Waals surface area (Å²) in [6.45, 7) is 0. The van der Waals surface area contributed by atoms with E-state index in [0.29, 0.717) is 0 Å². The molecule has 0 heterocycles. The quantitative estimate of drug-likeness (QED) is 0.705. The Balaban J connectivity index is 2.61. The topological polar surface area (TPSA) is 0 Å². The van der Waals surface area contributed by atoms with E-state index in [1.54, 1.807) is 0 Å². The monoisotopic (exact) mass is 246 g/mol. The van der Waals surface area contributed by atoms with E-state index in [-0.39, 0.29) is 0 Å². The molecule has 2 heteroatoms. The van der Waals surface area contributed by atoms with E-state index in [1.165, 1.54) is 11.3 Å². The molecule has 0 bridgehead atoms. The zero-order chi connectivity index (χ0) is 6.53. The molecular weight excluding hydrogens is 235 g/mol. The van der Waals surface area contributed by atoms with E-state index in [9.17, 15) is 0 Å². The molecule has 0 fully saturated rings. The molecule has 0 amide bonds. The Labute approximate surface area is 71.6 Å². The van der Waals surface area contributed by atoms with Crippen LogP contribution in [-0.4, -0.2) is 21.1 Å². The van der Waals surface area contributed by atoms with Crippen molar-refractivity contribution in [2.45, 2.75) is 5.75 Å². The van der Waals surface area contributed by atoms with Crippen LogP contribution in [0, 0.1) is 0 Å². The Bertz CT molecular complexity index is 162. The van der Waals surface area contributed by atoms with Gasteiger partial charge < -0.3 is 0 Å². The molecule has 0 aliphatic rings. The van der Waals surface area contributed by atoms with Gasteiger partial charge in [0.05, 0.1) is 0 Å². The zero-order valence-electron chi connectivity index (χ0n) is 5.50. The SMILES string of the molecule is [SnH3][S]Cc1ccccc1. The summed E-state index contributed by atoms with van der Waals surface area (Å²) >= 11 is 0.791. The first-order chi connectivity index (χ1) is 4.43. The number of hydrogen-bond donors (Lipinski definition) is 0. The average molecular weight is 245 g/mol. The normalized spacial score (nSPS) is 9.78. The predicted octanol–water partition coefficient (Wildman–Crippen LogP) is 1.20. The number of hydrogen-bond acceptors (Lipinski definition) is 1. The molecule has 0 spiro atoms. The molecule has 0 saturated carbocycles. The van der Waals surface area contributed by atoms with Crippen LogP contribution in [0.1, 0.15) is 5.56 Å². The maximum atomic E-state index is 2.18. The van der Waals surface area contributed by atoms with Crippen molar-refractivity contribution in [1.29, 1.82) is 0 Å². The van der Waals surface area contributed by atoms with Crippen molar-refractivity contribution >= 4 is 30.1 Å². The van der Waals surface area contributed by atoms with Gasteiger partial charge in [-0.1, -0.05) is 0 Å². The standard InChI is InChI=1S/C7H8S.Sn.3H/c8-6-7-4-2-1-3-5-7;;;;/h1-5,8H,6H2;;;;/q;+1;;;/p-1. The van der Waals surface area contributed by atoms with Crippen LogP contribution >= 0.6 is 8.95 Å². The van der Waals surface area contributed by atoms with E-state index in [1.807, 2.05) is 0 Å². The van der Waals surface area contributed by atoms with Gasteiger partial charge in [-0.05, 0) is 0 Å². The molecule has 1 aromatic carbocycles. The number of rotatable bonds is 2. The summed E-state index contributed by atoms with van der Waals surface area (Å²) < 4.78 is 0. The van der Waals surface area contributed by atoms with Crippen molar-refractivity contribution in [3.8, 4) is 0 Å². The molecule has 48 valence electrons. The average Bonchev–Trinajstić information content (AvgIpc) is 1.91. The minimum atomic E-state index is 0.791. The van der Waals surface area contributed by atoms with Crippen molar-refractivity contribution in [2.24, 2.45) is 0 Å². The summed E-state index contributed by atoms with van der Waals surface area (Å²) in [6, 6.07) is 10.6. The van der Waals surface area contributed by atoms with Crippen LogP contribution in [0.15, 0.2) is 30.3 Å². The van der Waals surface area contributed by atoms with Crippen molar-refractivity contribution in [3.05, 3.63) is 35.9 Å². The van der Waals surface area contributed by atoms with Crippen molar-refractivity contribution in [3.63, 3.8) is 0 Å². The maximum absolute atomic E-state index is 2.18. The van der Waals surface area contributed by atoms with Crippen LogP contribution < -0.4 is 0 Å². The molecule has 0 unspecified atom stereocenters. The Morgan fingerprint density at radius 2 is 1.89 bits per heavy atom. The van der Waals surface area contributed by atoms with Gasteiger partial charge >= 0.3 is 71.7 Å². The molecule has 0 radical (unpaired) electrons. The van der Waals surface area contributed by atoms with Gasteiger partial charge in [0.25, 0.3) is 0 Å². The van der Waals surface area contributed by atoms with Crippen LogP contribution in [0.25, 0.3) is 0 Å². The molecule has 0 aliphatic carbocycles. The Hall–Kier alpha value is 0.369. The van der Waals surface area contributed by atoms with Gasteiger partial charge in [0.2, 0.25) is 0 Å². The Morgan fingerprint density at radius 3 is 2.44 bits per heavy atom. The van der Waals surface area contributed by atoms with Crippen molar-refractivity contribution in [2.75, 3.05) is 0 Å². The van der Waals surface area contributed by atoms with Crippen LogP contribution in [-0.2, 0) is 5.75 Å². The summed E-state index contributed by atoms with van der Waals surface area (Å²) in [5.41, 5.74) is 1.46. The zero-order valence-corrected chi connectivity index (χ0v) is 12.0. The predicted molar refractivity (Wildman–Crippen MR) is 47.7 cm³/mol. The van der Waals surface area contributed by atoms with Gasteiger partial charge in [0.1, 0.15) is 0 Å². The second-order valence-electron chi connectivity index (χ2n) is 1.92. The van der Waals surface area contributed by atoms with Gasteiger partial charge in [-0.15, -0.1) is 0 Å². The van der Waals surface area contributed by atoms with E-state index in [2.05, 4.69) is 39.3 Å². The van der Waals surface area contributed by atoms with Crippen LogP contribution in [0.3, 0.4) is 0 Å². The first-order valence-electron chi connectivity index (χ1n) is 2.96. The molecule has 0 aromatic heterocycles. The minimum absolute atomic E-state index is 0.791. The first kappa shape index (κ1) is 7.48. The summed E-state index contributed by atoms with van der Waals surface area (Å²) in [4.78, 5) is 0. The van der Waals surface area contributed by atoms with Crippen LogP contribution in [0.4, 0.5) is 0 Å². The fourth-order valence-corrected chi connectivity index (χ4v) is 4.12. The van der Waals surface area contributed by atoms with Crippen molar-refractivity contribution < 1.29 is 0 Å². The van der Waals surface area contributed by atoms with Gasteiger partial charge in [-0.3, -0.25) is 0 Å². The van der Waals surface area contributed by atoms with Crippen LogP contribution in [0.5, 0.6) is 0 Å². The fraction of sp³-hybridized carbons (Fsp3) is 0.143. The van der Waals surface area contributed by atoms with Gasteiger partial charge in [0, 0.05) is 0 Å². The third-order valence-corrected chi connectivity index (χ3v) is 4.25. The summed E-state index contributed by atoms with van der Waals surface area (Å²) in [5.74, 6) is 1.22. The number of benzene rings is 1. The first-order valence-corrected chi connectivity index (χ1v) is 11.3. The summed E-state index contributed by atoms with van der Waals surface area (Å²) in [6.07, 6.45) is 0. The van der Waals surface area contributed by atoms with E-state index >= 15 is 0 Å². The Morgan fingerprint density at radius 1 is 1.22 bits per heavy atom.